The molecule has 0 fully saturated rings. The Morgan fingerprint density at radius 3 is 0.952 bits per heavy atom. The molecule has 2 amide bonds. The molecular formula is C24H7F32N3O4. The molecule has 0 saturated carbocycles. The Labute approximate surface area is 319 Å². The summed E-state index contributed by atoms with van der Waals surface area (Å²) in [5, 5.41) is 10.9. The first-order valence-electron chi connectivity index (χ1n) is 14.0. The van der Waals surface area contributed by atoms with Gasteiger partial charge in [-0.2, -0.15) is 123 Å². The van der Waals surface area contributed by atoms with E-state index in [0.29, 0.717) is 0 Å². The highest BCUT2D eigenvalue weighted by Gasteiger charge is 2.96. The predicted octanol–water partition coefficient (Wildman–Crippen LogP) is 10.9. The van der Waals surface area contributed by atoms with E-state index in [4.69, 9.17) is 0 Å². The van der Waals surface area contributed by atoms with Crippen LogP contribution in [-0.4, -0.2) is 113 Å². The van der Waals surface area contributed by atoms with E-state index in [2.05, 4.69) is 0 Å². The highest BCUT2D eigenvalue weighted by molar-refractivity contribution is 6.01. The van der Waals surface area contributed by atoms with Crippen molar-refractivity contribution in [2.24, 2.45) is 0 Å². The van der Waals surface area contributed by atoms with E-state index in [9.17, 15) is 160 Å². The second-order valence-electron chi connectivity index (χ2n) is 11.6. The van der Waals surface area contributed by atoms with E-state index in [1.807, 2.05) is 0 Å². The van der Waals surface area contributed by atoms with Gasteiger partial charge in [0.15, 0.2) is 0 Å². The highest BCUT2D eigenvalue weighted by atomic mass is 19.4. The molecule has 0 radical (unpaired) electrons. The Morgan fingerprint density at radius 2 is 0.683 bits per heavy atom. The molecule has 1 aromatic rings. The van der Waals surface area contributed by atoms with Crippen molar-refractivity contribution in [3.63, 3.8) is 0 Å². The van der Waals surface area contributed by atoms with Crippen molar-refractivity contribution in [1.82, 2.24) is 0 Å². The smallest absolute Gasteiger partial charge is 0.321 e. The molecule has 0 atom stereocenters. The summed E-state index contributed by atoms with van der Waals surface area (Å²) in [6.07, 6.45) is -12.5. The molecule has 0 spiro atoms. The summed E-state index contributed by atoms with van der Waals surface area (Å²) in [5.74, 6) is -130. The first-order valence-corrected chi connectivity index (χ1v) is 14.0. The summed E-state index contributed by atoms with van der Waals surface area (Å²) in [5.41, 5.74) is -7.32. The third kappa shape index (κ3) is 7.56. The molecule has 366 valence electrons. The SMILES string of the molecule is O=C(Nc1ccc([N+](=O)[O-])c(NC(=O)C(F)(F)C(F)(F)C(F)(F)C(F)(F)C(F)(F)C(F)(F)C(F)(F)C(F)F)c1)C(F)(F)C(F)(F)C(F)(F)C(F)(F)C(F)(F)C(F)(F)C(F)(F)C(F)F. The summed E-state index contributed by atoms with van der Waals surface area (Å²) < 4.78 is 434. The van der Waals surface area contributed by atoms with Gasteiger partial charge in [0.25, 0.3) is 5.69 Å². The fourth-order valence-electron chi connectivity index (χ4n) is 3.84. The third-order valence-electron chi connectivity index (χ3n) is 7.60. The van der Waals surface area contributed by atoms with E-state index in [1.54, 1.807) is 0 Å². The fraction of sp³-hybridized carbons (Fsp3) is 0.667. The van der Waals surface area contributed by atoms with E-state index in [-0.39, 0.29) is 10.6 Å². The Morgan fingerprint density at radius 1 is 0.429 bits per heavy atom. The van der Waals surface area contributed by atoms with Gasteiger partial charge in [-0.1, -0.05) is 0 Å². The van der Waals surface area contributed by atoms with E-state index < -0.39 is 148 Å². The molecule has 0 heterocycles. The number of benzene rings is 1. The molecule has 0 bridgehead atoms. The van der Waals surface area contributed by atoms with Crippen LogP contribution in [0.4, 0.5) is 158 Å². The minimum atomic E-state index is -9.13. The Hall–Kier alpha value is -4.68. The third-order valence-corrected chi connectivity index (χ3v) is 7.60. The van der Waals surface area contributed by atoms with Crippen molar-refractivity contribution in [1.29, 1.82) is 0 Å². The zero-order valence-electron chi connectivity index (χ0n) is 27.6. The average molecular weight is 1010 g/mol. The first kappa shape index (κ1) is 56.3. The first-order chi connectivity index (χ1) is 27.2. The molecule has 1 rings (SSSR count). The molecule has 2 N–H and O–H groups in total. The topological polar surface area (TPSA) is 101 Å². The number of alkyl halides is 32. The van der Waals surface area contributed by atoms with Crippen LogP contribution in [0.3, 0.4) is 0 Å². The van der Waals surface area contributed by atoms with E-state index in [0.717, 1.165) is 0 Å². The molecule has 0 unspecified atom stereocenters. The van der Waals surface area contributed by atoms with Gasteiger partial charge in [-0.15, -0.1) is 0 Å². The van der Waals surface area contributed by atoms with Crippen LogP contribution in [0, 0.1) is 10.1 Å². The lowest BCUT2D eigenvalue weighted by Gasteiger charge is -2.42. The molecule has 0 aliphatic heterocycles. The van der Waals surface area contributed by atoms with Crippen LogP contribution in [0.1, 0.15) is 0 Å². The molecule has 63 heavy (non-hydrogen) atoms. The maximum Gasteiger partial charge on any atom is 0.393 e. The number of carbonyl (C=O) groups excluding carboxylic acids is 2. The Bertz CT molecular complexity index is 1910. The van der Waals surface area contributed by atoms with Crippen molar-refractivity contribution < 1.29 is 155 Å². The minimum absolute atomic E-state index is 0.0360. The van der Waals surface area contributed by atoms with Crippen LogP contribution < -0.4 is 10.6 Å². The molecule has 0 aromatic heterocycles. The van der Waals surface area contributed by atoms with Crippen LogP contribution in [0.2, 0.25) is 0 Å². The normalized spacial score (nSPS) is 15.5. The zero-order valence-corrected chi connectivity index (χ0v) is 27.6. The molecule has 0 aliphatic carbocycles. The fourth-order valence-corrected chi connectivity index (χ4v) is 3.84. The van der Waals surface area contributed by atoms with E-state index >= 15 is 0 Å². The summed E-state index contributed by atoms with van der Waals surface area (Å²) in [7, 11) is 0. The number of nitro benzene ring substituents is 1. The van der Waals surface area contributed by atoms with Crippen LogP contribution >= 0.6 is 0 Å². The molecule has 7 nitrogen and oxygen atoms in total. The summed E-state index contributed by atoms with van der Waals surface area (Å²) in [4.78, 5) is 32.6. The van der Waals surface area contributed by atoms with Crippen molar-refractivity contribution in [2.45, 2.75) is 95.8 Å². The standard InChI is InChI=1S/C24H7F32N3O4/c25-7(26)11(29,30)15(37,38)19(45,46)23(53,54)21(49,50)17(41,42)13(33,34)9(60)57-4-1-2-6(59(62)63)5(3-4)58-10(61)14(35,36)18(43,44)22(51,52)24(55,56)20(47,48)16(39,40)12(31,32)8(27)28/h1-3,7-8H,(H,57,60)(H,58,61). The lowest BCUT2D eigenvalue weighted by Crippen LogP contribution is -2.74. The number of amides is 2. The molecular weight excluding hydrogens is 1000 g/mol. The van der Waals surface area contributed by atoms with Crippen molar-refractivity contribution in [2.75, 3.05) is 10.6 Å². The van der Waals surface area contributed by atoms with Crippen molar-refractivity contribution >= 4 is 28.9 Å². The number of nitro groups is 1. The molecule has 1 aromatic carbocycles. The summed E-state index contributed by atoms with van der Waals surface area (Å²) >= 11 is 0. The van der Waals surface area contributed by atoms with Gasteiger partial charge in [0.2, 0.25) is 0 Å². The number of hydrogen-bond donors (Lipinski definition) is 2. The molecule has 39 heteroatoms. The Balaban J connectivity index is 3.81. The molecule has 0 saturated heterocycles. The predicted molar refractivity (Wildman–Crippen MR) is 132 cm³/mol. The van der Waals surface area contributed by atoms with E-state index in [1.165, 1.54) is 0 Å². The number of carbonyl (C=O) groups is 2. The van der Waals surface area contributed by atoms with Gasteiger partial charge < -0.3 is 10.6 Å². The number of anilines is 2. The second-order valence-corrected chi connectivity index (χ2v) is 11.6. The minimum Gasteiger partial charge on any atom is -0.321 e. The molecule has 0 aliphatic rings. The zero-order chi connectivity index (χ0) is 51.2. The van der Waals surface area contributed by atoms with Gasteiger partial charge in [0.05, 0.1) is 4.92 Å². The van der Waals surface area contributed by atoms with Gasteiger partial charge in [0, 0.05) is 11.8 Å². The maximum absolute atomic E-state index is 14.3. The van der Waals surface area contributed by atoms with Crippen LogP contribution in [0.25, 0.3) is 0 Å². The number of nitrogens with one attached hydrogen (secondary N) is 2. The average Bonchev–Trinajstić information content (AvgIpc) is 3.10. The Kier molecular flexibility index (Phi) is 13.9. The van der Waals surface area contributed by atoms with Crippen LogP contribution in [0.5, 0.6) is 0 Å². The van der Waals surface area contributed by atoms with Gasteiger partial charge in [0.1, 0.15) is 5.69 Å². The number of halogens is 32. The van der Waals surface area contributed by atoms with Crippen molar-refractivity contribution in [3.05, 3.63) is 28.3 Å². The second kappa shape index (κ2) is 15.5. The number of nitrogens with zero attached hydrogens (tertiary/aromatic N) is 1. The maximum atomic E-state index is 14.3. The quantitative estimate of drug-likeness (QED) is 0.0819. The lowest BCUT2D eigenvalue weighted by atomic mass is 9.89. The largest absolute Gasteiger partial charge is 0.393 e. The monoisotopic (exact) mass is 1010 g/mol. The van der Waals surface area contributed by atoms with Crippen LogP contribution in [0.15, 0.2) is 18.2 Å². The summed E-state index contributed by atoms with van der Waals surface area (Å²) in [6, 6.07) is -2.23. The van der Waals surface area contributed by atoms with Gasteiger partial charge in [-0.05, 0) is 12.1 Å². The van der Waals surface area contributed by atoms with Gasteiger partial charge >= 0.3 is 108 Å². The highest BCUT2D eigenvalue weighted by Crippen LogP contribution is 2.65. The van der Waals surface area contributed by atoms with Crippen molar-refractivity contribution in [3.8, 4) is 0 Å². The lowest BCUT2D eigenvalue weighted by molar-refractivity contribution is -0.443. The number of rotatable bonds is 19. The van der Waals surface area contributed by atoms with Crippen LogP contribution in [-0.2, 0) is 9.59 Å². The van der Waals surface area contributed by atoms with Gasteiger partial charge in [-0.3, -0.25) is 19.7 Å². The van der Waals surface area contributed by atoms with Gasteiger partial charge in [-0.25, -0.2) is 17.6 Å². The number of hydrogen-bond acceptors (Lipinski definition) is 4. The summed E-state index contributed by atoms with van der Waals surface area (Å²) in [6.45, 7) is 0.